The third kappa shape index (κ3) is 2.34. The average Bonchev–Trinajstić information content (AvgIpc) is 2.69. The van der Waals surface area contributed by atoms with Crippen LogP contribution in [0.4, 0.5) is 0 Å². The van der Waals surface area contributed by atoms with Crippen molar-refractivity contribution in [2.75, 3.05) is 6.61 Å². The first-order valence-electron chi connectivity index (χ1n) is 5.09. The summed E-state index contributed by atoms with van der Waals surface area (Å²) < 4.78 is 5.55. The van der Waals surface area contributed by atoms with E-state index in [4.69, 9.17) is 27.9 Å². The molecule has 0 aliphatic heterocycles. The van der Waals surface area contributed by atoms with Crippen LogP contribution in [-0.4, -0.2) is 11.7 Å². The maximum absolute atomic E-state index is 9.72. The molecule has 86 valence electrons. The number of fused-ring (bicyclic) bond motifs is 1. The Morgan fingerprint density at radius 2 is 2.38 bits per heavy atom. The topological polar surface area (TPSA) is 29.5 Å². The molecule has 1 atom stereocenters. The molecular weight excluding hydrogens is 247 g/mol. The van der Waals surface area contributed by atoms with E-state index in [1.807, 2.05) is 18.2 Å². The Bertz CT molecular complexity index is 415. The number of aliphatic hydroxyl groups excluding tert-OH is 1. The van der Waals surface area contributed by atoms with Crippen molar-refractivity contribution in [3.63, 3.8) is 0 Å². The molecule has 2 rings (SSSR count). The predicted molar refractivity (Wildman–Crippen MR) is 65.0 cm³/mol. The Morgan fingerprint density at radius 1 is 1.56 bits per heavy atom. The lowest BCUT2D eigenvalue weighted by Gasteiger charge is -2.10. The maximum Gasteiger partial charge on any atom is 0.125 e. The molecule has 1 aliphatic rings. The van der Waals surface area contributed by atoms with Crippen molar-refractivity contribution in [2.24, 2.45) is 0 Å². The highest BCUT2D eigenvalue weighted by Gasteiger charge is 2.23. The largest absolute Gasteiger partial charge is 0.488 e. The molecule has 0 bridgehead atoms. The van der Waals surface area contributed by atoms with Gasteiger partial charge in [-0.05, 0) is 24.5 Å². The summed E-state index contributed by atoms with van der Waals surface area (Å²) >= 11 is 11.2. The predicted octanol–water partition coefficient (Wildman–Crippen LogP) is 3.36. The molecule has 0 saturated heterocycles. The number of hydrogen-bond donors (Lipinski definition) is 1. The van der Waals surface area contributed by atoms with Gasteiger partial charge in [0, 0.05) is 11.1 Å². The van der Waals surface area contributed by atoms with Crippen molar-refractivity contribution in [3.8, 4) is 5.75 Å². The second-order valence-electron chi connectivity index (χ2n) is 3.72. The Labute approximate surface area is 104 Å². The lowest BCUT2D eigenvalue weighted by molar-refractivity contribution is 0.180. The minimum atomic E-state index is -0.363. The third-order valence-electron chi connectivity index (χ3n) is 2.68. The van der Waals surface area contributed by atoms with Crippen LogP contribution >= 0.6 is 23.2 Å². The standard InChI is InChI=1S/C12H12Cl2O2/c13-6-8(14)7-16-12-3-1-2-9-10(12)4-5-11(9)15/h1-3,6,11,15H,4-5,7H2. The first kappa shape index (κ1) is 11.8. The summed E-state index contributed by atoms with van der Waals surface area (Å²) in [7, 11) is 0. The summed E-state index contributed by atoms with van der Waals surface area (Å²) in [5.74, 6) is 0.783. The van der Waals surface area contributed by atoms with Crippen molar-refractivity contribution in [1.29, 1.82) is 0 Å². The lowest BCUT2D eigenvalue weighted by atomic mass is 10.1. The summed E-state index contributed by atoms with van der Waals surface area (Å²) in [4.78, 5) is 0. The van der Waals surface area contributed by atoms with Gasteiger partial charge in [0.2, 0.25) is 0 Å². The average molecular weight is 259 g/mol. The van der Waals surface area contributed by atoms with E-state index in [1.165, 1.54) is 5.54 Å². The van der Waals surface area contributed by atoms with Crippen LogP contribution in [0.15, 0.2) is 28.8 Å². The van der Waals surface area contributed by atoms with E-state index < -0.39 is 0 Å². The molecule has 1 unspecified atom stereocenters. The van der Waals surface area contributed by atoms with Crippen molar-refractivity contribution < 1.29 is 9.84 Å². The van der Waals surface area contributed by atoms with Gasteiger partial charge in [-0.1, -0.05) is 35.3 Å². The SMILES string of the molecule is OC1CCc2c(OCC(Cl)=CCl)cccc21. The van der Waals surface area contributed by atoms with Crippen LogP contribution in [0.5, 0.6) is 5.75 Å². The molecule has 1 aromatic carbocycles. The van der Waals surface area contributed by atoms with E-state index in [1.54, 1.807) is 0 Å². The first-order chi connectivity index (χ1) is 7.72. The van der Waals surface area contributed by atoms with Crippen LogP contribution in [0, 0.1) is 0 Å². The van der Waals surface area contributed by atoms with E-state index in [0.29, 0.717) is 5.03 Å². The van der Waals surface area contributed by atoms with Gasteiger partial charge >= 0.3 is 0 Å². The molecule has 4 heteroatoms. The van der Waals surface area contributed by atoms with Crippen LogP contribution in [0.2, 0.25) is 0 Å². The summed E-state index contributed by atoms with van der Waals surface area (Å²) in [6, 6.07) is 5.69. The molecular formula is C12H12Cl2O2. The molecule has 0 spiro atoms. The van der Waals surface area contributed by atoms with Crippen LogP contribution < -0.4 is 4.74 Å². The number of benzene rings is 1. The van der Waals surface area contributed by atoms with E-state index >= 15 is 0 Å². The molecule has 1 aromatic rings. The number of aliphatic hydroxyl groups is 1. The highest BCUT2D eigenvalue weighted by atomic mass is 35.5. The highest BCUT2D eigenvalue weighted by molar-refractivity contribution is 6.36. The quantitative estimate of drug-likeness (QED) is 0.901. The molecule has 1 N–H and O–H groups in total. The zero-order valence-corrected chi connectivity index (χ0v) is 10.1. The highest BCUT2D eigenvalue weighted by Crippen LogP contribution is 2.36. The molecule has 0 aromatic heterocycles. The van der Waals surface area contributed by atoms with Gasteiger partial charge in [-0.15, -0.1) is 0 Å². The monoisotopic (exact) mass is 258 g/mol. The van der Waals surface area contributed by atoms with Gasteiger partial charge in [-0.3, -0.25) is 0 Å². The number of ether oxygens (including phenoxy) is 1. The van der Waals surface area contributed by atoms with Gasteiger partial charge in [0.05, 0.1) is 11.1 Å². The van der Waals surface area contributed by atoms with E-state index in [-0.39, 0.29) is 12.7 Å². The van der Waals surface area contributed by atoms with Gasteiger partial charge in [-0.2, -0.15) is 0 Å². The summed E-state index contributed by atoms with van der Waals surface area (Å²) in [6.07, 6.45) is 1.24. The Balaban J connectivity index is 2.17. The normalized spacial score (nSPS) is 19.7. The third-order valence-corrected chi connectivity index (χ3v) is 3.27. The van der Waals surface area contributed by atoms with E-state index in [2.05, 4.69) is 0 Å². The second-order valence-corrected chi connectivity index (χ2v) is 4.43. The number of rotatable bonds is 3. The van der Waals surface area contributed by atoms with Crippen LogP contribution in [0.3, 0.4) is 0 Å². The van der Waals surface area contributed by atoms with Gasteiger partial charge in [0.15, 0.2) is 0 Å². The zero-order chi connectivity index (χ0) is 11.5. The molecule has 0 fully saturated rings. The first-order valence-corrected chi connectivity index (χ1v) is 5.91. The lowest BCUT2D eigenvalue weighted by Crippen LogP contribution is -2.00. The minimum absolute atomic E-state index is 0.262. The Morgan fingerprint density at radius 3 is 3.12 bits per heavy atom. The summed E-state index contributed by atoms with van der Waals surface area (Å²) in [6.45, 7) is 0.262. The fourth-order valence-corrected chi connectivity index (χ4v) is 2.03. The van der Waals surface area contributed by atoms with Crippen molar-refractivity contribution in [3.05, 3.63) is 39.9 Å². The summed E-state index contributed by atoms with van der Waals surface area (Å²) in [5.41, 5.74) is 3.33. The fourth-order valence-electron chi connectivity index (χ4n) is 1.91. The molecule has 2 nitrogen and oxygen atoms in total. The Hall–Kier alpha value is -0.700. The molecule has 16 heavy (non-hydrogen) atoms. The smallest absolute Gasteiger partial charge is 0.125 e. The number of halogens is 2. The molecule has 0 amide bonds. The molecule has 0 radical (unpaired) electrons. The van der Waals surface area contributed by atoms with Crippen molar-refractivity contribution in [2.45, 2.75) is 18.9 Å². The van der Waals surface area contributed by atoms with Crippen LogP contribution in [-0.2, 0) is 6.42 Å². The molecule has 1 aliphatic carbocycles. The minimum Gasteiger partial charge on any atom is -0.488 e. The maximum atomic E-state index is 9.72. The van der Waals surface area contributed by atoms with Gasteiger partial charge < -0.3 is 9.84 Å². The van der Waals surface area contributed by atoms with Gasteiger partial charge in [0.1, 0.15) is 12.4 Å². The second kappa shape index (κ2) is 5.09. The van der Waals surface area contributed by atoms with Crippen molar-refractivity contribution in [1.82, 2.24) is 0 Å². The van der Waals surface area contributed by atoms with E-state index in [9.17, 15) is 5.11 Å². The molecule has 0 saturated carbocycles. The van der Waals surface area contributed by atoms with E-state index in [0.717, 1.165) is 29.7 Å². The Kier molecular flexibility index (Phi) is 3.74. The summed E-state index contributed by atoms with van der Waals surface area (Å²) in [5, 5.41) is 10.2. The number of hydrogen-bond acceptors (Lipinski definition) is 2. The van der Waals surface area contributed by atoms with Crippen molar-refractivity contribution >= 4 is 23.2 Å². The van der Waals surface area contributed by atoms with Gasteiger partial charge in [-0.25, -0.2) is 0 Å². The van der Waals surface area contributed by atoms with Crippen LogP contribution in [0.1, 0.15) is 23.7 Å². The van der Waals surface area contributed by atoms with Gasteiger partial charge in [0.25, 0.3) is 0 Å². The zero-order valence-electron chi connectivity index (χ0n) is 8.62. The molecule has 0 heterocycles. The fraction of sp³-hybridized carbons (Fsp3) is 0.333. The van der Waals surface area contributed by atoms with Crippen LogP contribution in [0.25, 0.3) is 0 Å².